The van der Waals surface area contributed by atoms with Crippen LogP contribution in [-0.4, -0.2) is 30.5 Å². The standard InChI is InChI=1S/C24H32N2O2/c1-24(2,3)21-9-11-22(12-10-21)28-18-23(27)25-16-19-7-6-8-20(15-19)17-26-13-4-5-14-26/h6-12,15H,4-5,13-14,16-18H2,1-3H3,(H,25,27). The van der Waals surface area contributed by atoms with E-state index in [1.807, 2.05) is 12.1 Å². The zero-order valence-corrected chi connectivity index (χ0v) is 17.3. The number of nitrogens with zero attached hydrogens (tertiary/aromatic N) is 1. The van der Waals surface area contributed by atoms with E-state index < -0.39 is 0 Å². The van der Waals surface area contributed by atoms with Crippen molar-refractivity contribution in [1.29, 1.82) is 0 Å². The van der Waals surface area contributed by atoms with Gasteiger partial charge in [-0.2, -0.15) is 0 Å². The minimum atomic E-state index is -0.107. The van der Waals surface area contributed by atoms with Crippen LogP contribution in [0.1, 0.15) is 50.3 Å². The predicted molar refractivity (Wildman–Crippen MR) is 113 cm³/mol. The van der Waals surface area contributed by atoms with Crippen LogP contribution < -0.4 is 10.1 Å². The summed E-state index contributed by atoms with van der Waals surface area (Å²) in [6.45, 7) is 10.5. The molecule has 2 aromatic carbocycles. The van der Waals surface area contributed by atoms with Crippen molar-refractivity contribution < 1.29 is 9.53 Å². The molecule has 150 valence electrons. The highest BCUT2D eigenvalue weighted by Gasteiger charge is 2.14. The van der Waals surface area contributed by atoms with Gasteiger partial charge in [-0.1, -0.05) is 57.2 Å². The lowest BCUT2D eigenvalue weighted by molar-refractivity contribution is -0.123. The molecule has 28 heavy (non-hydrogen) atoms. The van der Waals surface area contributed by atoms with Gasteiger partial charge in [0.1, 0.15) is 5.75 Å². The Bertz CT molecular complexity index is 772. The minimum absolute atomic E-state index is 0.0301. The number of amides is 1. The zero-order valence-electron chi connectivity index (χ0n) is 17.3. The summed E-state index contributed by atoms with van der Waals surface area (Å²) in [7, 11) is 0. The van der Waals surface area contributed by atoms with Crippen LogP contribution in [0.15, 0.2) is 48.5 Å². The Balaban J connectivity index is 1.44. The number of ether oxygens (including phenoxy) is 1. The Morgan fingerprint density at radius 2 is 1.71 bits per heavy atom. The molecular formula is C24H32N2O2. The fraction of sp³-hybridized carbons (Fsp3) is 0.458. The fourth-order valence-electron chi connectivity index (χ4n) is 3.49. The molecular weight excluding hydrogens is 348 g/mol. The molecule has 1 amide bonds. The first-order chi connectivity index (χ1) is 13.4. The van der Waals surface area contributed by atoms with E-state index in [1.165, 1.54) is 37.1 Å². The molecule has 0 atom stereocenters. The molecule has 0 radical (unpaired) electrons. The van der Waals surface area contributed by atoms with E-state index in [4.69, 9.17) is 4.74 Å². The van der Waals surface area contributed by atoms with Gasteiger partial charge in [0, 0.05) is 13.1 Å². The minimum Gasteiger partial charge on any atom is -0.484 e. The highest BCUT2D eigenvalue weighted by atomic mass is 16.5. The first-order valence-corrected chi connectivity index (χ1v) is 10.2. The molecule has 1 N–H and O–H groups in total. The van der Waals surface area contributed by atoms with Gasteiger partial charge in [-0.25, -0.2) is 0 Å². The van der Waals surface area contributed by atoms with Crippen LogP contribution >= 0.6 is 0 Å². The van der Waals surface area contributed by atoms with Crippen LogP contribution in [-0.2, 0) is 23.3 Å². The highest BCUT2D eigenvalue weighted by molar-refractivity contribution is 5.77. The van der Waals surface area contributed by atoms with Crippen molar-refractivity contribution >= 4 is 5.91 Å². The van der Waals surface area contributed by atoms with Crippen LogP contribution in [0.3, 0.4) is 0 Å². The third kappa shape index (κ3) is 6.10. The SMILES string of the molecule is CC(C)(C)c1ccc(OCC(=O)NCc2cccc(CN3CCCC3)c2)cc1. The molecule has 0 spiro atoms. The van der Waals surface area contributed by atoms with E-state index in [-0.39, 0.29) is 17.9 Å². The number of hydrogen-bond donors (Lipinski definition) is 1. The number of rotatable bonds is 7. The molecule has 1 fully saturated rings. The lowest BCUT2D eigenvalue weighted by atomic mass is 9.87. The summed E-state index contributed by atoms with van der Waals surface area (Å²) in [5.41, 5.74) is 3.79. The summed E-state index contributed by atoms with van der Waals surface area (Å²) in [6.07, 6.45) is 2.60. The predicted octanol–water partition coefficient (Wildman–Crippen LogP) is 4.28. The van der Waals surface area contributed by atoms with Gasteiger partial charge in [0.05, 0.1) is 0 Å². The maximum Gasteiger partial charge on any atom is 0.258 e. The Hall–Kier alpha value is -2.33. The Morgan fingerprint density at radius 1 is 1.04 bits per heavy atom. The third-order valence-corrected chi connectivity index (χ3v) is 5.18. The van der Waals surface area contributed by atoms with E-state index in [9.17, 15) is 4.79 Å². The van der Waals surface area contributed by atoms with Crippen LogP contribution in [0.2, 0.25) is 0 Å². The van der Waals surface area contributed by atoms with Gasteiger partial charge >= 0.3 is 0 Å². The van der Waals surface area contributed by atoms with Gasteiger partial charge in [0.2, 0.25) is 0 Å². The molecule has 0 aromatic heterocycles. The van der Waals surface area contributed by atoms with Crippen molar-refractivity contribution in [3.05, 3.63) is 65.2 Å². The van der Waals surface area contributed by atoms with Gasteiger partial charge in [0.25, 0.3) is 5.91 Å². The topological polar surface area (TPSA) is 41.6 Å². The number of hydrogen-bond acceptors (Lipinski definition) is 3. The second kappa shape index (κ2) is 9.24. The lowest BCUT2D eigenvalue weighted by Gasteiger charge is -2.19. The quantitative estimate of drug-likeness (QED) is 0.780. The highest BCUT2D eigenvalue weighted by Crippen LogP contribution is 2.24. The van der Waals surface area contributed by atoms with E-state index in [0.29, 0.717) is 6.54 Å². The normalized spacial score (nSPS) is 14.8. The van der Waals surface area contributed by atoms with Crippen LogP contribution in [0.5, 0.6) is 5.75 Å². The summed E-state index contributed by atoms with van der Waals surface area (Å²) in [5.74, 6) is 0.612. The average molecular weight is 381 g/mol. The van der Waals surface area contributed by atoms with Gasteiger partial charge in [0.15, 0.2) is 6.61 Å². The van der Waals surface area contributed by atoms with E-state index in [1.54, 1.807) is 0 Å². The van der Waals surface area contributed by atoms with E-state index >= 15 is 0 Å². The molecule has 1 aliphatic rings. The Labute approximate surface area is 168 Å². The lowest BCUT2D eigenvalue weighted by Crippen LogP contribution is -2.28. The second-order valence-corrected chi connectivity index (χ2v) is 8.64. The molecule has 2 aromatic rings. The van der Waals surface area contributed by atoms with Crippen molar-refractivity contribution in [3.8, 4) is 5.75 Å². The van der Waals surface area contributed by atoms with Crippen LogP contribution in [0.4, 0.5) is 0 Å². The summed E-state index contributed by atoms with van der Waals surface area (Å²) < 4.78 is 5.62. The number of carbonyl (C=O) groups is 1. The summed E-state index contributed by atoms with van der Waals surface area (Å²) in [4.78, 5) is 14.6. The summed E-state index contributed by atoms with van der Waals surface area (Å²) >= 11 is 0. The maximum atomic E-state index is 12.1. The molecule has 4 nitrogen and oxygen atoms in total. The molecule has 0 unspecified atom stereocenters. The Morgan fingerprint density at radius 3 is 2.39 bits per heavy atom. The van der Waals surface area contributed by atoms with Crippen molar-refractivity contribution in [2.75, 3.05) is 19.7 Å². The fourth-order valence-corrected chi connectivity index (χ4v) is 3.49. The monoisotopic (exact) mass is 380 g/mol. The zero-order chi connectivity index (χ0) is 20.0. The molecule has 0 bridgehead atoms. The number of likely N-dealkylation sites (tertiary alicyclic amines) is 1. The van der Waals surface area contributed by atoms with Gasteiger partial charge in [-0.05, 0) is 60.2 Å². The second-order valence-electron chi connectivity index (χ2n) is 8.64. The number of nitrogens with one attached hydrogen (secondary N) is 1. The maximum absolute atomic E-state index is 12.1. The number of benzene rings is 2. The smallest absolute Gasteiger partial charge is 0.258 e. The van der Waals surface area contributed by atoms with Crippen LogP contribution in [0, 0.1) is 0 Å². The van der Waals surface area contributed by atoms with E-state index in [2.05, 4.69) is 67.4 Å². The van der Waals surface area contributed by atoms with Crippen molar-refractivity contribution in [2.24, 2.45) is 0 Å². The molecule has 1 heterocycles. The van der Waals surface area contributed by atoms with Crippen molar-refractivity contribution in [1.82, 2.24) is 10.2 Å². The third-order valence-electron chi connectivity index (χ3n) is 5.18. The first-order valence-electron chi connectivity index (χ1n) is 10.2. The number of carbonyl (C=O) groups excluding carboxylic acids is 1. The van der Waals surface area contributed by atoms with Gasteiger partial charge < -0.3 is 10.1 Å². The summed E-state index contributed by atoms with van der Waals surface area (Å²) in [6, 6.07) is 16.4. The summed E-state index contributed by atoms with van der Waals surface area (Å²) in [5, 5.41) is 2.95. The molecule has 3 rings (SSSR count). The molecule has 1 aliphatic heterocycles. The molecule has 0 aliphatic carbocycles. The molecule has 4 heteroatoms. The van der Waals surface area contributed by atoms with Gasteiger partial charge in [-0.3, -0.25) is 9.69 Å². The molecule has 1 saturated heterocycles. The van der Waals surface area contributed by atoms with Crippen molar-refractivity contribution in [3.63, 3.8) is 0 Å². The van der Waals surface area contributed by atoms with Gasteiger partial charge in [-0.15, -0.1) is 0 Å². The largest absolute Gasteiger partial charge is 0.484 e. The molecule has 0 saturated carbocycles. The average Bonchev–Trinajstić information content (AvgIpc) is 3.18. The first kappa shape index (κ1) is 20.4. The van der Waals surface area contributed by atoms with Crippen molar-refractivity contribution in [2.45, 2.75) is 52.1 Å². The Kier molecular flexibility index (Phi) is 6.74. The van der Waals surface area contributed by atoms with Crippen LogP contribution in [0.25, 0.3) is 0 Å². The van der Waals surface area contributed by atoms with E-state index in [0.717, 1.165) is 17.9 Å².